The zero-order valence-corrected chi connectivity index (χ0v) is 20.4. The molecule has 7 nitrogen and oxygen atoms in total. The van der Waals surface area contributed by atoms with E-state index in [0.29, 0.717) is 19.4 Å². The Labute approximate surface area is 196 Å². The highest BCUT2D eigenvalue weighted by Crippen LogP contribution is 2.19. The number of likely N-dealkylation sites (tertiary alicyclic amines) is 1. The van der Waals surface area contributed by atoms with Crippen molar-refractivity contribution in [1.29, 1.82) is 0 Å². The van der Waals surface area contributed by atoms with Crippen molar-refractivity contribution in [2.75, 3.05) is 33.2 Å². The normalized spacial score (nSPS) is 18.5. The van der Waals surface area contributed by atoms with E-state index in [1.807, 2.05) is 22.8 Å². The molecule has 0 saturated carbocycles. The number of fused-ring (bicyclic) bond motifs is 1. The SMILES string of the molecule is CCC(=O)N1CCC(NC(=NC)NCCCC(=O)N2CCc3ccccc3C2)C1.I. The highest BCUT2D eigenvalue weighted by atomic mass is 127. The molecule has 3 rings (SSSR count). The topological polar surface area (TPSA) is 77.0 Å². The molecule has 166 valence electrons. The maximum Gasteiger partial charge on any atom is 0.222 e. The average Bonchev–Trinajstić information content (AvgIpc) is 3.23. The van der Waals surface area contributed by atoms with E-state index in [9.17, 15) is 9.59 Å². The second kappa shape index (κ2) is 12.1. The summed E-state index contributed by atoms with van der Waals surface area (Å²) < 4.78 is 0. The Bertz CT molecular complexity index is 755. The number of carbonyl (C=O) groups is 2. The number of aliphatic imine (C=N–C) groups is 1. The number of nitrogens with zero attached hydrogens (tertiary/aromatic N) is 3. The molecule has 1 saturated heterocycles. The molecule has 1 unspecified atom stereocenters. The first-order valence-corrected chi connectivity index (χ1v) is 10.7. The number of halogens is 1. The van der Waals surface area contributed by atoms with Crippen LogP contribution in [0.1, 0.15) is 43.7 Å². The van der Waals surface area contributed by atoms with Gasteiger partial charge in [-0.15, -0.1) is 24.0 Å². The Balaban J connectivity index is 0.00000320. The third kappa shape index (κ3) is 6.58. The van der Waals surface area contributed by atoms with Gasteiger partial charge in [0.2, 0.25) is 11.8 Å². The highest BCUT2D eigenvalue weighted by molar-refractivity contribution is 14.0. The fraction of sp³-hybridized carbons (Fsp3) is 0.591. The van der Waals surface area contributed by atoms with Crippen LogP contribution >= 0.6 is 24.0 Å². The molecule has 0 radical (unpaired) electrons. The van der Waals surface area contributed by atoms with Gasteiger partial charge in [0.15, 0.2) is 5.96 Å². The van der Waals surface area contributed by atoms with E-state index in [1.54, 1.807) is 7.05 Å². The van der Waals surface area contributed by atoms with Crippen LogP contribution < -0.4 is 10.6 Å². The van der Waals surface area contributed by atoms with Crippen molar-refractivity contribution in [2.45, 2.75) is 51.6 Å². The summed E-state index contributed by atoms with van der Waals surface area (Å²) in [6.07, 6.45) is 3.73. The molecular formula is C22H34IN5O2. The number of carbonyl (C=O) groups excluding carboxylic acids is 2. The van der Waals surface area contributed by atoms with Gasteiger partial charge >= 0.3 is 0 Å². The molecule has 1 fully saturated rings. The number of amides is 2. The van der Waals surface area contributed by atoms with Crippen LogP contribution in [0.2, 0.25) is 0 Å². The number of nitrogens with one attached hydrogen (secondary N) is 2. The van der Waals surface area contributed by atoms with Crippen LogP contribution in [0.5, 0.6) is 0 Å². The van der Waals surface area contributed by atoms with Gasteiger partial charge in [0.25, 0.3) is 0 Å². The van der Waals surface area contributed by atoms with Crippen LogP contribution in [0, 0.1) is 0 Å². The van der Waals surface area contributed by atoms with Gasteiger partial charge in [-0.05, 0) is 30.4 Å². The lowest BCUT2D eigenvalue weighted by atomic mass is 9.99. The zero-order chi connectivity index (χ0) is 20.6. The van der Waals surface area contributed by atoms with Gasteiger partial charge in [0.1, 0.15) is 0 Å². The average molecular weight is 527 g/mol. The lowest BCUT2D eigenvalue weighted by Gasteiger charge is -2.29. The number of hydrogen-bond donors (Lipinski definition) is 2. The van der Waals surface area contributed by atoms with Crippen molar-refractivity contribution in [1.82, 2.24) is 20.4 Å². The van der Waals surface area contributed by atoms with Gasteiger partial charge in [-0.2, -0.15) is 0 Å². The largest absolute Gasteiger partial charge is 0.356 e. The fourth-order valence-corrected chi connectivity index (χ4v) is 4.03. The first-order valence-electron chi connectivity index (χ1n) is 10.7. The van der Waals surface area contributed by atoms with Crippen LogP contribution in [0.25, 0.3) is 0 Å². The van der Waals surface area contributed by atoms with Crippen molar-refractivity contribution in [3.63, 3.8) is 0 Å². The Morgan fingerprint density at radius 3 is 2.63 bits per heavy atom. The second-order valence-electron chi connectivity index (χ2n) is 7.76. The van der Waals surface area contributed by atoms with Crippen molar-refractivity contribution in [3.8, 4) is 0 Å². The van der Waals surface area contributed by atoms with Crippen molar-refractivity contribution < 1.29 is 9.59 Å². The minimum Gasteiger partial charge on any atom is -0.356 e. The predicted octanol–water partition coefficient (Wildman–Crippen LogP) is 2.15. The summed E-state index contributed by atoms with van der Waals surface area (Å²) in [5, 5.41) is 6.68. The molecule has 2 aliphatic rings. The minimum atomic E-state index is 0. The van der Waals surface area contributed by atoms with E-state index in [0.717, 1.165) is 51.4 Å². The first-order chi connectivity index (χ1) is 14.1. The van der Waals surface area contributed by atoms with Gasteiger partial charge in [0.05, 0.1) is 0 Å². The molecule has 8 heteroatoms. The molecular weight excluding hydrogens is 493 g/mol. The second-order valence-corrected chi connectivity index (χ2v) is 7.76. The molecule has 2 aliphatic heterocycles. The van der Waals surface area contributed by atoms with Crippen molar-refractivity contribution in [2.24, 2.45) is 4.99 Å². The minimum absolute atomic E-state index is 0. The standard InChI is InChI=1S/C22H33N5O2.HI/c1-3-20(28)27-14-11-19(16-27)25-22(23-2)24-12-6-9-21(29)26-13-10-17-7-4-5-8-18(17)15-26;/h4-5,7-8,19H,3,6,9-16H2,1-2H3,(H2,23,24,25);1H. The number of hydrogen-bond acceptors (Lipinski definition) is 3. The quantitative estimate of drug-likeness (QED) is 0.257. The van der Waals surface area contributed by atoms with E-state index in [1.165, 1.54) is 11.1 Å². The molecule has 2 amide bonds. The van der Waals surface area contributed by atoms with E-state index >= 15 is 0 Å². The van der Waals surface area contributed by atoms with Crippen LogP contribution in [0.15, 0.2) is 29.3 Å². The number of rotatable bonds is 6. The van der Waals surface area contributed by atoms with Gasteiger partial charge in [-0.1, -0.05) is 31.2 Å². The summed E-state index contributed by atoms with van der Waals surface area (Å²) in [6.45, 7) is 5.65. The highest BCUT2D eigenvalue weighted by Gasteiger charge is 2.25. The van der Waals surface area contributed by atoms with Gasteiger partial charge in [-0.25, -0.2) is 0 Å². The van der Waals surface area contributed by atoms with Gasteiger partial charge in [-0.3, -0.25) is 14.6 Å². The summed E-state index contributed by atoms with van der Waals surface area (Å²) in [5.41, 5.74) is 2.63. The molecule has 0 spiro atoms. The number of benzene rings is 1. The summed E-state index contributed by atoms with van der Waals surface area (Å²) in [4.78, 5) is 32.5. The summed E-state index contributed by atoms with van der Waals surface area (Å²) >= 11 is 0. The Morgan fingerprint density at radius 1 is 1.13 bits per heavy atom. The van der Waals surface area contributed by atoms with Crippen LogP contribution in [-0.2, 0) is 22.6 Å². The summed E-state index contributed by atoms with van der Waals surface area (Å²) in [5.74, 6) is 1.16. The van der Waals surface area contributed by atoms with Crippen LogP contribution in [0.3, 0.4) is 0 Å². The smallest absolute Gasteiger partial charge is 0.222 e. The maximum absolute atomic E-state index is 12.5. The van der Waals surface area contributed by atoms with Gasteiger partial charge < -0.3 is 20.4 Å². The van der Waals surface area contributed by atoms with Crippen LogP contribution in [0.4, 0.5) is 0 Å². The lowest BCUT2D eigenvalue weighted by Crippen LogP contribution is -2.45. The molecule has 0 aliphatic carbocycles. The zero-order valence-electron chi connectivity index (χ0n) is 18.0. The third-order valence-electron chi connectivity index (χ3n) is 5.75. The van der Waals surface area contributed by atoms with E-state index < -0.39 is 0 Å². The van der Waals surface area contributed by atoms with E-state index in [2.05, 4.69) is 33.8 Å². The third-order valence-corrected chi connectivity index (χ3v) is 5.75. The Hall–Kier alpha value is -1.84. The molecule has 0 bridgehead atoms. The molecule has 2 heterocycles. The van der Waals surface area contributed by atoms with Gasteiger partial charge in [0, 0.05) is 58.7 Å². The van der Waals surface area contributed by atoms with E-state index in [-0.39, 0.29) is 41.8 Å². The molecule has 1 aromatic carbocycles. The fourth-order valence-electron chi connectivity index (χ4n) is 4.03. The number of guanidine groups is 1. The Kier molecular flexibility index (Phi) is 9.87. The summed E-state index contributed by atoms with van der Waals surface area (Å²) in [7, 11) is 1.75. The maximum atomic E-state index is 12.5. The predicted molar refractivity (Wildman–Crippen MR) is 130 cm³/mol. The summed E-state index contributed by atoms with van der Waals surface area (Å²) in [6, 6.07) is 8.60. The molecule has 2 N–H and O–H groups in total. The molecule has 30 heavy (non-hydrogen) atoms. The van der Waals surface area contributed by atoms with Crippen molar-refractivity contribution >= 4 is 41.8 Å². The van der Waals surface area contributed by atoms with Crippen LogP contribution in [-0.4, -0.2) is 66.8 Å². The first kappa shape index (κ1) is 24.4. The van der Waals surface area contributed by atoms with E-state index in [4.69, 9.17) is 0 Å². The molecule has 1 atom stereocenters. The molecule has 0 aromatic heterocycles. The Morgan fingerprint density at radius 2 is 1.90 bits per heavy atom. The monoisotopic (exact) mass is 527 g/mol. The lowest BCUT2D eigenvalue weighted by molar-refractivity contribution is -0.132. The molecule has 1 aromatic rings. The van der Waals surface area contributed by atoms with Crippen molar-refractivity contribution in [3.05, 3.63) is 35.4 Å².